The maximum absolute atomic E-state index is 13.6. The molecule has 3 heteroatoms. The molecule has 0 aliphatic heterocycles. The van der Waals surface area contributed by atoms with Crippen LogP contribution in [0.4, 0.5) is 13.2 Å². The predicted molar refractivity (Wildman–Crippen MR) is 99.1 cm³/mol. The molecule has 0 saturated heterocycles. The molecular formula is C22H27F3. The van der Waals surface area contributed by atoms with Crippen molar-refractivity contribution < 1.29 is 13.2 Å². The van der Waals surface area contributed by atoms with Gasteiger partial charge in [0, 0.05) is 0 Å². The van der Waals surface area contributed by atoms with E-state index in [4.69, 9.17) is 0 Å². The zero-order chi connectivity index (χ0) is 19.0. The van der Waals surface area contributed by atoms with Gasteiger partial charge in [0.2, 0.25) is 0 Å². The summed E-state index contributed by atoms with van der Waals surface area (Å²) in [4.78, 5) is 0. The first-order chi connectivity index (χ1) is 11.5. The van der Waals surface area contributed by atoms with Crippen LogP contribution < -0.4 is 0 Å². The van der Waals surface area contributed by atoms with Crippen LogP contribution in [-0.2, 0) is 5.41 Å². The summed E-state index contributed by atoms with van der Waals surface area (Å²) < 4.78 is 40.8. The first-order valence-electron chi connectivity index (χ1n) is 8.77. The zero-order valence-electron chi connectivity index (χ0n) is 15.8. The topological polar surface area (TPSA) is 0 Å². The van der Waals surface area contributed by atoms with Gasteiger partial charge in [-0.15, -0.1) is 0 Å². The zero-order valence-corrected chi connectivity index (χ0v) is 15.8. The Kier molecular flexibility index (Phi) is 5.36. The first-order valence-corrected chi connectivity index (χ1v) is 8.77. The van der Waals surface area contributed by atoms with Crippen molar-refractivity contribution in [3.8, 4) is 11.1 Å². The molecule has 136 valence electrons. The molecule has 0 radical (unpaired) electrons. The van der Waals surface area contributed by atoms with Gasteiger partial charge in [-0.3, -0.25) is 0 Å². The van der Waals surface area contributed by atoms with Crippen molar-refractivity contribution in [1.82, 2.24) is 0 Å². The van der Waals surface area contributed by atoms with Gasteiger partial charge in [0.05, 0.1) is 5.41 Å². The third kappa shape index (κ3) is 3.75. The standard InChI is InChI=1S/C22H27F3/c1-14(2)18-12-17(21(5,6)22(23,24)25)13-19(15(3)4)20(18)16-10-8-7-9-11-16/h7-15H,1-6H3. The lowest BCUT2D eigenvalue weighted by Gasteiger charge is -2.31. The van der Waals surface area contributed by atoms with Crippen molar-refractivity contribution in [2.24, 2.45) is 0 Å². The highest BCUT2D eigenvalue weighted by Crippen LogP contribution is 2.45. The lowest BCUT2D eigenvalue weighted by molar-refractivity contribution is -0.180. The number of rotatable bonds is 4. The van der Waals surface area contributed by atoms with E-state index in [0.717, 1.165) is 22.3 Å². The summed E-state index contributed by atoms with van der Waals surface area (Å²) in [7, 11) is 0. The average Bonchev–Trinajstić information content (AvgIpc) is 2.53. The molecule has 2 aromatic rings. The second-order valence-corrected chi connectivity index (χ2v) is 7.83. The Morgan fingerprint density at radius 3 is 1.56 bits per heavy atom. The van der Waals surface area contributed by atoms with Crippen LogP contribution in [0.15, 0.2) is 42.5 Å². The number of benzene rings is 2. The van der Waals surface area contributed by atoms with Gasteiger partial charge in [0.15, 0.2) is 0 Å². The molecule has 0 aliphatic rings. The molecule has 0 saturated carbocycles. The largest absolute Gasteiger partial charge is 0.397 e. The van der Waals surface area contributed by atoms with Crippen LogP contribution in [0, 0.1) is 0 Å². The van der Waals surface area contributed by atoms with E-state index in [1.54, 1.807) is 12.1 Å². The minimum Gasteiger partial charge on any atom is -0.170 e. The number of hydrogen-bond acceptors (Lipinski definition) is 0. The van der Waals surface area contributed by atoms with Crippen molar-refractivity contribution in [3.05, 3.63) is 59.2 Å². The third-order valence-electron chi connectivity index (χ3n) is 4.94. The van der Waals surface area contributed by atoms with Gasteiger partial charge in [-0.25, -0.2) is 0 Å². The van der Waals surface area contributed by atoms with Crippen LogP contribution in [0.2, 0.25) is 0 Å². The number of halogens is 3. The summed E-state index contributed by atoms with van der Waals surface area (Å²) in [5.41, 5.74) is 2.55. The van der Waals surface area contributed by atoms with Crippen molar-refractivity contribution in [3.63, 3.8) is 0 Å². The van der Waals surface area contributed by atoms with E-state index in [2.05, 4.69) is 0 Å². The molecule has 0 N–H and O–H groups in total. The van der Waals surface area contributed by atoms with Crippen molar-refractivity contribution in [1.29, 1.82) is 0 Å². The van der Waals surface area contributed by atoms with Crippen LogP contribution in [0.25, 0.3) is 11.1 Å². The van der Waals surface area contributed by atoms with E-state index in [1.165, 1.54) is 13.8 Å². The molecule has 25 heavy (non-hydrogen) atoms. The van der Waals surface area contributed by atoms with Crippen LogP contribution in [0.1, 0.15) is 70.1 Å². The molecule has 0 aliphatic carbocycles. The fraction of sp³-hybridized carbons (Fsp3) is 0.455. The van der Waals surface area contributed by atoms with Crippen LogP contribution >= 0.6 is 0 Å². The highest BCUT2D eigenvalue weighted by Gasteiger charge is 2.48. The van der Waals surface area contributed by atoms with Gasteiger partial charge < -0.3 is 0 Å². The molecule has 0 aromatic heterocycles. The first kappa shape index (κ1) is 19.6. The molecule has 0 heterocycles. The van der Waals surface area contributed by atoms with E-state index < -0.39 is 11.6 Å². The third-order valence-corrected chi connectivity index (χ3v) is 4.94. The quantitative estimate of drug-likeness (QED) is 0.538. The average molecular weight is 348 g/mol. The van der Waals surface area contributed by atoms with Crippen LogP contribution in [0.3, 0.4) is 0 Å². The summed E-state index contributed by atoms with van der Waals surface area (Å²) in [5, 5.41) is 0. The van der Waals surface area contributed by atoms with Crippen molar-refractivity contribution in [2.75, 3.05) is 0 Å². The van der Waals surface area contributed by atoms with E-state index in [0.29, 0.717) is 5.56 Å². The van der Waals surface area contributed by atoms with Crippen LogP contribution in [-0.4, -0.2) is 6.18 Å². The fourth-order valence-electron chi connectivity index (χ4n) is 3.06. The summed E-state index contributed by atoms with van der Waals surface area (Å²) >= 11 is 0. The minimum atomic E-state index is -4.29. The van der Waals surface area contributed by atoms with Gasteiger partial charge in [-0.05, 0) is 53.5 Å². The Morgan fingerprint density at radius 2 is 1.20 bits per heavy atom. The predicted octanol–water partition coefficient (Wildman–Crippen LogP) is 7.44. The molecule has 2 aromatic carbocycles. The summed E-state index contributed by atoms with van der Waals surface area (Å²) in [6.45, 7) is 10.7. The highest BCUT2D eigenvalue weighted by molar-refractivity contribution is 5.73. The molecule has 0 nitrogen and oxygen atoms in total. The molecule has 0 fully saturated rings. The lowest BCUT2D eigenvalue weighted by atomic mass is 9.76. The van der Waals surface area contributed by atoms with Crippen LogP contribution in [0.5, 0.6) is 0 Å². The maximum Gasteiger partial charge on any atom is 0.397 e. The molecule has 0 amide bonds. The van der Waals surface area contributed by atoms with E-state index in [-0.39, 0.29) is 11.8 Å². The second-order valence-electron chi connectivity index (χ2n) is 7.83. The number of alkyl halides is 3. The van der Waals surface area contributed by atoms with Gasteiger partial charge >= 0.3 is 6.18 Å². The van der Waals surface area contributed by atoms with Crippen molar-refractivity contribution in [2.45, 2.75) is 65.0 Å². The minimum absolute atomic E-state index is 0.136. The van der Waals surface area contributed by atoms with Gasteiger partial charge in [-0.2, -0.15) is 13.2 Å². The smallest absolute Gasteiger partial charge is 0.170 e. The Bertz CT molecular complexity index is 694. The van der Waals surface area contributed by atoms with Gasteiger partial charge in [-0.1, -0.05) is 70.2 Å². The van der Waals surface area contributed by atoms with Gasteiger partial charge in [0.1, 0.15) is 0 Å². The summed E-state index contributed by atoms with van der Waals surface area (Å²) in [6.07, 6.45) is -4.29. The Morgan fingerprint density at radius 1 is 0.760 bits per heavy atom. The second kappa shape index (κ2) is 6.86. The van der Waals surface area contributed by atoms with Gasteiger partial charge in [0.25, 0.3) is 0 Å². The van der Waals surface area contributed by atoms with E-state index in [9.17, 15) is 13.2 Å². The Labute approximate surface area is 149 Å². The SMILES string of the molecule is CC(C)c1cc(C(C)(C)C(F)(F)F)cc(C(C)C)c1-c1ccccc1. The number of hydrogen-bond donors (Lipinski definition) is 0. The molecule has 0 atom stereocenters. The maximum atomic E-state index is 13.6. The molecular weight excluding hydrogens is 321 g/mol. The summed E-state index contributed by atoms with van der Waals surface area (Å²) in [5.74, 6) is 0.272. The van der Waals surface area contributed by atoms with E-state index in [1.807, 2.05) is 58.0 Å². The lowest BCUT2D eigenvalue weighted by Crippen LogP contribution is -2.36. The molecule has 0 bridgehead atoms. The highest BCUT2D eigenvalue weighted by atomic mass is 19.4. The normalized spacial score (nSPS) is 12.9. The van der Waals surface area contributed by atoms with E-state index >= 15 is 0 Å². The fourth-order valence-corrected chi connectivity index (χ4v) is 3.06. The summed E-state index contributed by atoms with van der Waals surface area (Å²) in [6, 6.07) is 13.5. The Balaban J connectivity index is 2.83. The Hall–Kier alpha value is -1.77. The molecule has 0 unspecified atom stereocenters. The molecule has 2 rings (SSSR count). The van der Waals surface area contributed by atoms with Crippen molar-refractivity contribution >= 4 is 0 Å². The molecule has 0 spiro atoms. The monoisotopic (exact) mass is 348 g/mol.